The Morgan fingerprint density at radius 3 is 2.78 bits per heavy atom. The van der Waals surface area contributed by atoms with Gasteiger partial charge in [-0.3, -0.25) is 0 Å². The highest BCUT2D eigenvalue weighted by Gasteiger charge is 2.18. The summed E-state index contributed by atoms with van der Waals surface area (Å²) in [6, 6.07) is 4.48. The fraction of sp³-hybridized carbons (Fsp3) is 0.250. The molecule has 0 aliphatic heterocycles. The maximum absolute atomic E-state index is 13.2. The Kier molecular flexibility index (Phi) is 3.10. The molecule has 6 heteroatoms. The first-order chi connectivity index (χ1) is 8.54. The SMILES string of the molecule is CCc1c(C(=O)O)nnn1-c1ccc(F)c(C)c1. The summed E-state index contributed by atoms with van der Waals surface area (Å²) >= 11 is 0. The van der Waals surface area contributed by atoms with Gasteiger partial charge in [0.15, 0.2) is 5.69 Å². The maximum atomic E-state index is 13.2. The largest absolute Gasteiger partial charge is 0.476 e. The number of rotatable bonds is 3. The normalized spacial score (nSPS) is 10.6. The molecular formula is C12H12FN3O2. The Hall–Kier alpha value is -2.24. The lowest BCUT2D eigenvalue weighted by atomic mass is 10.2. The van der Waals surface area contributed by atoms with E-state index in [1.807, 2.05) is 6.92 Å². The molecule has 18 heavy (non-hydrogen) atoms. The van der Waals surface area contributed by atoms with Gasteiger partial charge in [-0.1, -0.05) is 12.1 Å². The molecule has 1 aromatic carbocycles. The smallest absolute Gasteiger partial charge is 0.358 e. The standard InChI is InChI=1S/C12H12FN3O2/c1-3-10-11(12(17)18)14-15-16(10)8-4-5-9(13)7(2)6-8/h4-6H,3H2,1-2H3,(H,17,18). The van der Waals surface area contributed by atoms with Crippen molar-refractivity contribution >= 4 is 5.97 Å². The minimum Gasteiger partial charge on any atom is -0.476 e. The highest BCUT2D eigenvalue weighted by atomic mass is 19.1. The van der Waals surface area contributed by atoms with E-state index < -0.39 is 5.97 Å². The Morgan fingerprint density at radius 1 is 1.50 bits per heavy atom. The topological polar surface area (TPSA) is 68.0 Å². The van der Waals surface area contributed by atoms with Crippen LogP contribution in [-0.2, 0) is 6.42 Å². The van der Waals surface area contributed by atoms with E-state index in [4.69, 9.17) is 5.11 Å². The van der Waals surface area contributed by atoms with Crippen LogP contribution in [0.25, 0.3) is 5.69 Å². The first kappa shape index (κ1) is 12.2. The highest BCUT2D eigenvalue weighted by Crippen LogP contribution is 2.16. The third-order valence-electron chi connectivity index (χ3n) is 2.69. The van der Waals surface area contributed by atoms with Crippen molar-refractivity contribution < 1.29 is 14.3 Å². The van der Waals surface area contributed by atoms with Crippen molar-refractivity contribution in [1.82, 2.24) is 15.0 Å². The zero-order chi connectivity index (χ0) is 13.3. The van der Waals surface area contributed by atoms with Crippen LogP contribution in [0, 0.1) is 12.7 Å². The van der Waals surface area contributed by atoms with E-state index >= 15 is 0 Å². The van der Waals surface area contributed by atoms with Crippen molar-refractivity contribution in [3.05, 3.63) is 41.0 Å². The van der Waals surface area contributed by atoms with Gasteiger partial charge in [-0.15, -0.1) is 5.10 Å². The van der Waals surface area contributed by atoms with Gasteiger partial charge in [0.25, 0.3) is 0 Å². The van der Waals surface area contributed by atoms with E-state index in [-0.39, 0.29) is 11.5 Å². The number of carbonyl (C=O) groups is 1. The molecule has 1 heterocycles. The van der Waals surface area contributed by atoms with Crippen LogP contribution in [0.15, 0.2) is 18.2 Å². The number of halogens is 1. The Morgan fingerprint density at radius 2 is 2.22 bits per heavy atom. The average molecular weight is 249 g/mol. The molecule has 2 rings (SSSR count). The molecule has 0 saturated heterocycles. The van der Waals surface area contributed by atoms with Gasteiger partial charge in [0.1, 0.15) is 5.82 Å². The highest BCUT2D eigenvalue weighted by molar-refractivity contribution is 5.86. The minimum atomic E-state index is -1.11. The van der Waals surface area contributed by atoms with Gasteiger partial charge in [-0.2, -0.15) is 0 Å². The number of aromatic carboxylic acids is 1. The molecule has 0 aliphatic carbocycles. The van der Waals surface area contributed by atoms with Gasteiger partial charge in [0, 0.05) is 0 Å². The van der Waals surface area contributed by atoms with Crippen LogP contribution in [0.2, 0.25) is 0 Å². The monoisotopic (exact) mass is 249 g/mol. The van der Waals surface area contributed by atoms with E-state index in [9.17, 15) is 9.18 Å². The lowest BCUT2D eigenvalue weighted by molar-refractivity contribution is 0.0689. The number of nitrogens with zero attached hydrogens (tertiary/aromatic N) is 3. The van der Waals surface area contributed by atoms with Crippen LogP contribution in [0.5, 0.6) is 0 Å². The third kappa shape index (κ3) is 1.97. The summed E-state index contributed by atoms with van der Waals surface area (Å²) in [6.07, 6.45) is 0.477. The molecule has 0 saturated carbocycles. The van der Waals surface area contributed by atoms with Gasteiger partial charge >= 0.3 is 5.97 Å². The number of hydrogen-bond acceptors (Lipinski definition) is 3. The van der Waals surface area contributed by atoms with E-state index in [2.05, 4.69) is 10.3 Å². The summed E-state index contributed by atoms with van der Waals surface area (Å²) in [5.74, 6) is -1.42. The number of aryl methyl sites for hydroxylation is 1. The predicted octanol–water partition coefficient (Wildman–Crippen LogP) is 1.98. The summed E-state index contributed by atoms with van der Waals surface area (Å²) in [6.45, 7) is 3.46. The molecule has 0 spiro atoms. The third-order valence-corrected chi connectivity index (χ3v) is 2.69. The van der Waals surface area contributed by atoms with Crippen LogP contribution < -0.4 is 0 Å². The fourth-order valence-electron chi connectivity index (χ4n) is 1.75. The van der Waals surface area contributed by atoms with Crippen LogP contribution in [0.4, 0.5) is 4.39 Å². The van der Waals surface area contributed by atoms with Crippen molar-refractivity contribution in [2.45, 2.75) is 20.3 Å². The molecule has 0 amide bonds. The van der Waals surface area contributed by atoms with Crippen LogP contribution in [0.1, 0.15) is 28.7 Å². The van der Waals surface area contributed by atoms with Crippen molar-refractivity contribution in [2.75, 3.05) is 0 Å². The molecule has 1 N–H and O–H groups in total. The molecule has 2 aromatic rings. The second-order valence-electron chi connectivity index (χ2n) is 3.89. The molecular weight excluding hydrogens is 237 g/mol. The van der Waals surface area contributed by atoms with Gasteiger partial charge in [-0.25, -0.2) is 13.9 Å². The summed E-state index contributed by atoms with van der Waals surface area (Å²) in [7, 11) is 0. The predicted molar refractivity (Wildman–Crippen MR) is 62.4 cm³/mol. The van der Waals surface area contributed by atoms with Crippen LogP contribution in [0.3, 0.4) is 0 Å². The van der Waals surface area contributed by atoms with Gasteiger partial charge in [0.2, 0.25) is 0 Å². The molecule has 0 bridgehead atoms. The Balaban J connectivity index is 2.57. The average Bonchev–Trinajstić information content (AvgIpc) is 2.76. The van der Waals surface area contributed by atoms with Crippen LogP contribution >= 0.6 is 0 Å². The van der Waals surface area contributed by atoms with Crippen molar-refractivity contribution in [3.8, 4) is 5.69 Å². The molecule has 0 radical (unpaired) electrons. The van der Waals surface area contributed by atoms with Crippen LogP contribution in [-0.4, -0.2) is 26.1 Å². The molecule has 1 aromatic heterocycles. The van der Waals surface area contributed by atoms with Gasteiger partial charge in [-0.05, 0) is 37.1 Å². The molecule has 0 aliphatic rings. The van der Waals surface area contributed by atoms with E-state index in [1.165, 1.54) is 10.7 Å². The maximum Gasteiger partial charge on any atom is 0.358 e. The first-order valence-electron chi connectivity index (χ1n) is 5.49. The number of hydrogen-bond donors (Lipinski definition) is 1. The summed E-state index contributed by atoms with van der Waals surface area (Å²) in [5.41, 5.74) is 1.50. The van der Waals surface area contributed by atoms with Crippen molar-refractivity contribution in [3.63, 3.8) is 0 Å². The van der Waals surface area contributed by atoms with E-state index in [0.717, 1.165) is 0 Å². The number of aromatic nitrogens is 3. The minimum absolute atomic E-state index is 0.0699. The number of carboxylic acids is 1. The first-order valence-corrected chi connectivity index (χ1v) is 5.49. The number of benzene rings is 1. The van der Waals surface area contributed by atoms with E-state index in [0.29, 0.717) is 23.4 Å². The summed E-state index contributed by atoms with van der Waals surface area (Å²) < 4.78 is 14.6. The van der Waals surface area contributed by atoms with Gasteiger partial charge < -0.3 is 5.11 Å². The summed E-state index contributed by atoms with van der Waals surface area (Å²) in [4.78, 5) is 11.0. The fourth-order valence-corrected chi connectivity index (χ4v) is 1.75. The molecule has 94 valence electrons. The zero-order valence-electron chi connectivity index (χ0n) is 10.0. The van der Waals surface area contributed by atoms with Gasteiger partial charge in [0.05, 0.1) is 11.4 Å². The van der Waals surface area contributed by atoms with Crippen molar-refractivity contribution in [1.29, 1.82) is 0 Å². The molecule has 5 nitrogen and oxygen atoms in total. The lowest BCUT2D eigenvalue weighted by Crippen LogP contribution is -2.06. The molecule has 0 fully saturated rings. The Labute approximate surface area is 103 Å². The lowest BCUT2D eigenvalue weighted by Gasteiger charge is -2.06. The Bertz CT molecular complexity index is 607. The second-order valence-corrected chi connectivity index (χ2v) is 3.89. The van der Waals surface area contributed by atoms with Crippen molar-refractivity contribution in [2.24, 2.45) is 0 Å². The number of carboxylic acid groups (broad SMARTS) is 1. The second kappa shape index (κ2) is 4.56. The molecule has 0 atom stereocenters. The van der Waals surface area contributed by atoms with E-state index in [1.54, 1.807) is 19.1 Å². The molecule has 0 unspecified atom stereocenters. The quantitative estimate of drug-likeness (QED) is 0.903. The zero-order valence-corrected chi connectivity index (χ0v) is 10.0. The summed E-state index contributed by atoms with van der Waals surface area (Å²) in [5, 5.41) is 16.4.